The Labute approximate surface area is 140 Å². The van der Waals surface area contributed by atoms with Gasteiger partial charge in [-0.1, -0.05) is 26.0 Å². The van der Waals surface area contributed by atoms with Gasteiger partial charge in [0.15, 0.2) is 0 Å². The van der Waals surface area contributed by atoms with Crippen LogP contribution in [0.3, 0.4) is 0 Å². The Morgan fingerprint density at radius 3 is 2.39 bits per heavy atom. The molecule has 0 N–H and O–H groups in total. The number of carbonyl (C=O) groups is 1. The Morgan fingerprint density at radius 2 is 1.78 bits per heavy atom. The Balaban J connectivity index is 1.90. The molecule has 1 aliphatic rings. The van der Waals surface area contributed by atoms with E-state index >= 15 is 0 Å². The molecule has 0 unspecified atom stereocenters. The van der Waals surface area contributed by atoms with Gasteiger partial charge in [0.1, 0.15) is 6.10 Å². The third kappa shape index (κ3) is 4.47. The molecule has 0 radical (unpaired) electrons. The second-order valence-corrected chi connectivity index (χ2v) is 6.90. The summed E-state index contributed by atoms with van der Waals surface area (Å²) in [7, 11) is 0. The van der Waals surface area contributed by atoms with E-state index in [0.29, 0.717) is 12.5 Å². The monoisotopic (exact) mass is 318 g/mol. The van der Waals surface area contributed by atoms with Crippen LogP contribution in [-0.2, 0) is 9.53 Å². The highest BCUT2D eigenvalue weighted by molar-refractivity contribution is 5.80. The molecule has 1 aromatic carbocycles. The lowest BCUT2D eigenvalue weighted by molar-refractivity contribution is -0.143. The number of aryl methyl sites for hydroxylation is 1. The zero-order chi connectivity index (χ0) is 17.0. The zero-order valence-electron chi connectivity index (χ0n) is 15.1. The van der Waals surface area contributed by atoms with Crippen LogP contribution in [0.15, 0.2) is 18.2 Å². The number of benzene rings is 1. The van der Waals surface area contributed by atoms with E-state index in [2.05, 4.69) is 50.8 Å². The van der Waals surface area contributed by atoms with Crippen LogP contribution in [0.2, 0.25) is 0 Å². The highest BCUT2D eigenvalue weighted by atomic mass is 16.5. The smallest absolute Gasteiger partial charge is 0.251 e. The number of anilines is 1. The normalized spacial score (nSPS) is 16.8. The molecule has 1 heterocycles. The Kier molecular flexibility index (Phi) is 6.05. The second kappa shape index (κ2) is 7.82. The van der Waals surface area contributed by atoms with Crippen molar-refractivity contribution in [3.05, 3.63) is 29.3 Å². The van der Waals surface area contributed by atoms with E-state index in [9.17, 15) is 4.79 Å². The van der Waals surface area contributed by atoms with E-state index in [0.717, 1.165) is 26.2 Å². The fraction of sp³-hybridized carbons (Fsp3) is 0.632. The van der Waals surface area contributed by atoms with E-state index in [-0.39, 0.29) is 12.0 Å². The highest BCUT2D eigenvalue weighted by Crippen LogP contribution is 2.24. The average molecular weight is 318 g/mol. The van der Waals surface area contributed by atoms with Gasteiger partial charge in [0, 0.05) is 38.5 Å². The van der Waals surface area contributed by atoms with Crippen molar-refractivity contribution in [3.63, 3.8) is 0 Å². The number of hydrogen-bond acceptors (Lipinski definition) is 3. The van der Waals surface area contributed by atoms with E-state index in [1.54, 1.807) is 0 Å². The molecule has 1 aliphatic heterocycles. The number of piperazine rings is 1. The Bertz CT molecular complexity index is 534. The number of ether oxygens (including phenoxy) is 1. The maximum Gasteiger partial charge on any atom is 0.251 e. The Morgan fingerprint density at radius 1 is 1.13 bits per heavy atom. The predicted octanol–water partition coefficient (Wildman–Crippen LogP) is 3.01. The minimum Gasteiger partial charge on any atom is -0.368 e. The van der Waals surface area contributed by atoms with Crippen LogP contribution >= 0.6 is 0 Å². The summed E-state index contributed by atoms with van der Waals surface area (Å²) >= 11 is 0. The quantitative estimate of drug-likeness (QED) is 0.836. The first kappa shape index (κ1) is 17.8. The minimum absolute atomic E-state index is 0.117. The lowest BCUT2D eigenvalue weighted by Crippen LogP contribution is -2.51. The predicted molar refractivity (Wildman–Crippen MR) is 95.0 cm³/mol. The largest absolute Gasteiger partial charge is 0.368 e. The summed E-state index contributed by atoms with van der Waals surface area (Å²) in [5.41, 5.74) is 3.94. The van der Waals surface area contributed by atoms with Gasteiger partial charge < -0.3 is 14.5 Å². The molecule has 1 atom stereocenters. The number of nitrogens with zero attached hydrogens (tertiary/aromatic N) is 2. The van der Waals surface area contributed by atoms with Crippen LogP contribution in [0.5, 0.6) is 0 Å². The van der Waals surface area contributed by atoms with Gasteiger partial charge in [0.25, 0.3) is 5.91 Å². The molecule has 1 amide bonds. The van der Waals surface area contributed by atoms with Crippen molar-refractivity contribution in [2.24, 2.45) is 5.92 Å². The summed E-state index contributed by atoms with van der Waals surface area (Å²) in [5.74, 6) is 0.567. The standard InChI is InChI=1S/C19H30N2O2/c1-14(2)13-23-17(5)19(22)21-11-9-20(10-12-21)18-8-6-7-15(3)16(18)4/h6-8,14,17H,9-13H2,1-5H3/t17-/m1/s1. The summed E-state index contributed by atoms with van der Waals surface area (Å²) in [6.45, 7) is 14.3. The molecular weight excluding hydrogens is 288 g/mol. The van der Waals surface area contributed by atoms with Gasteiger partial charge in [0.2, 0.25) is 0 Å². The van der Waals surface area contributed by atoms with Crippen LogP contribution in [0, 0.1) is 19.8 Å². The maximum atomic E-state index is 12.5. The number of hydrogen-bond donors (Lipinski definition) is 0. The van der Waals surface area contributed by atoms with Crippen molar-refractivity contribution in [3.8, 4) is 0 Å². The summed E-state index contributed by atoms with van der Waals surface area (Å²) in [5, 5.41) is 0. The van der Waals surface area contributed by atoms with Crippen molar-refractivity contribution in [2.45, 2.75) is 40.7 Å². The van der Waals surface area contributed by atoms with Gasteiger partial charge in [-0.05, 0) is 43.9 Å². The highest BCUT2D eigenvalue weighted by Gasteiger charge is 2.26. The van der Waals surface area contributed by atoms with Crippen molar-refractivity contribution >= 4 is 11.6 Å². The lowest BCUT2D eigenvalue weighted by atomic mass is 10.1. The first-order valence-electron chi connectivity index (χ1n) is 8.61. The topological polar surface area (TPSA) is 32.8 Å². The molecular formula is C19H30N2O2. The molecule has 128 valence electrons. The molecule has 4 nitrogen and oxygen atoms in total. The zero-order valence-corrected chi connectivity index (χ0v) is 15.1. The third-order valence-electron chi connectivity index (χ3n) is 4.54. The van der Waals surface area contributed by atoms with Gasteiger partial charge in [-0.3, -0.25) is 4.79 Å². The van der Waals surface area contributed by atoms with Crippen molar-refractivity contribution in [2.75, 3.05) is 37.7 Å². The molecule has 2 rings (SSSR count). The Hall–Kier alpha value is -1.55. The number of rotatable bonds is 5. The summed E-state index contributed by atoms with van der Waals surface area (Å²) < 4.78 is 5.66. The molecule has 1 fully saturated rings. The second-order valence-electron chi connectivity index (χ2n) is 6.90. The number of amides is 1. The van der Waals surface area contributed by atoms with Gasteiger partial charge in [-0.25, -0.2) is 0 Å². The fourth-order valence-electron chi connectivity index (χ4n) is 2.91. The summed E-state index contributed by atoms with van der Waals surface area (Å²) in [6, 6.07) is 6.43. The molecule has 4 heteroatoms. The van der Waals surface area contributed by atoms with E-state index in [4.69, 9.17) is 4.74 Å². The fourth-order valence-corrected chi connectivity index (χ4v) is 2.91. The molecule has 0 spiro atoms. The van der Waals surface area contributed by atoms with Crippen molar-refractivity contribution in [1.82, 2.24) is 4.90 Å². The molecule has 0 aromatic heterocycles. The van der Waals surface area contributed by atoms with Crippen LogP contribution in [0.4, 0.5) is 5.69 Å². The third-order valence-corrected chi connectivity index (χ3v) is 4.54. The van der Waals surface area contributed by atoms with Crippen LogP contribution in [0.1, 0.15) is 31.9 Å². The lowest BCUT2D eigenvalue weighted by Gasteiger charge is -2.38. The van der Waals surface area contributed by atoms with Crippen molar-refractivity contribution in [1.29, 1.82) is 0 Å². The van der Waals surface area contributed by atoms with E-state index in [1.807, 2.05) is 11.8 Å². The van der Waals surface area contributed by atoms with Gasteiger partial charge in [-0.15, -0.1) is 0 Å². The van der Waals surface area contributed by atoms with E-state index in [1.165, 1.54) is 16.8 Å². The average Bonchev–Trinajstić information content (AvgIpc) is 2.54. The molecule has 0 aliphatic carbocycles. The summed E-state index contributed by atoms with van der Waals surface area (Å²) in [4.78, 5) is 16.8. The SMILES string of the molecule is Cc1cccc(N2CCN(C(=O)[C@@H](C)OCC(C)C)CC2)c1C. The minimum atomic E-state index is -0.343. The first-order chi connectivity index (χ1) is 10.9. The first-order valence-corrected chi connectivity index (χ1v) is 8.61. The van der Waals surface area contributed by atoms with Crippen molar-refractivity contribution < 1.29 is 9.53 Å². The molecule has 23 heavy (non-hydrogen) atoms. The molecule has 0 bridgehead atoms. The molecule has 0 saturated carbocycles. The van der Waals surface area contributed by atoms with Crippen LogP contribution < -0.4 is 4.90 Å². The van der Waals surface area contributed by atoms with E-state index < -0.39 is 0 Å². The summed E-state index contributed by atoms with van der Waals surface area (Å²) in [6.07, 6.45) is -0.343. The maximum absolute atomic E-state index is 12.5. The molecule has 1 aromatic rings. The van der Waals surface area contributed by atoms with Gasteiger partial charge in [0.05, 0.1) is 0 Å². The van der Waals surface area contributed by atoms with Gasteiger partial charge in [-0.2, -0.15) is 0 Å². The number of carbonyl (C=O) groups excluding carboxylic acids is 1. The van der Waals surface area contributed by atoms with Gasteiger partial charge >= 0.3 is 0 Å². The molecule has 1 saturated heterocycles. The van der Waals surface area contributed by atoms with Crippen LogP contribution in [-0.4, -0.2) is 49.7 Å². The van der Waals surface area contributed by atoms with Crippen LogP contribution in [0.25, 0.3) is 0 Å².